The first kappa shape index (κ1) is 14.0. The van der Waals surface area contributed by atoms with Gasteiger partial charge in [-0.25, -0.2) is 4.39 Å². The van der Waals surface area contributed by atoms with Gasteiger partial charge in [0.15, 0.2) is 0 Å². The first-order valence-corrected chi connectivity index (χ1v) is 6.57. The van der Waals surface area contributed by atoms with Crippen molar-refractivity contribution in [1.29, 1.82) is 0 Å². The molecule has 1 unspecified atom stereocenters. The third-order valence-electron chi connectivity index (χ3n) is 3.10. The minimum atomic E-state index is -1.40. The Hall–Kier alpha value is -1.39. The number of hydrogen-bond acceptors (Lipinski definition) is 2. The van der Waals surface area contributed by atoms with Crippen LogP contribution in [0, 0.1) is 5.82 Å². The Bertz CT molecular complexity index is 579. The third kappa shape index (κ3) is 2.80. The number of halogens is 2. The molecule has 0 aromatic heterocycles. The van der Waals surface area contributed by atoms with E-state index in [1.807, 2.05) is 0 Å². The van der Waals surface area contributed by atoms with E-state index in [1.165, 1.54) is 6.07 Å². The number of benzene rings is 2. The molecular formula is C15H14BrFO2. The van der Waals surface area contributed by atoms with Crippen molar-refractivity contribution >= 4 is 15.9 Å². The summed E-state index contributed by atoms with van der Waals surface area (Å²) in [5, 5.41) is 10.6. The summed E-state index contributed by atoms with van der Waals surface area (Å²) in [6, 6.07) is 11.4. The van der Waals surface area contributed by atoms with Crippen molar-refractivity contribution in [3.63, 3.8) is 0 Å². The fourth-order valence-electron chi connectivity index (χ4n) is 1.94. The molecule has 0 fully saturated rings. The minimum absolute atomic E-state index is 0.229. The standard InChI is InChI=1S/C15H14BrFO2/c1-15(18,10-3-6-12(19-2)7-4-10)13-9-11(16)5-8-14(13)17/h3-9,18H,1-2H3. The molecule has 0 bridgehead atoms. The average molecular weight is 325 g/mol. The van der Waals surface area contributed by atoms with Gasteiger partial charge in [-0.3, -0.25) is 0 Å². The molecule has 0 spiro atoms. The van der Waals surface area contributed by atoms with Gasteiger partial charge < -0.3 is 9.84 Å². The van der Waals surface area contributed by atoms with Crippen molar-refractivity contribution in [1.82, 2.24) is 0 Å². The van der Waals surface area contributed by atoms with Gasteiger partial charge in [-0.1, -0.05) is 28.1 Å². The second-order valence-corrected chi connectivity index (χ2v) is 5.34. The summed E-state index contributed by atoms with van der Waals surface area (Å²) in [5.74, 6) is 0.248. The van der Waals surface area contributed by atoms with Crippen LogP contribution in [-0.4, -0.2) is 12.2 Å². The largest absolute Gasteiger partial charge is 0.497 e. The Morgan fingerprint density at radius 3 is 2.37 bits per heavy atom. The molecule has 2 aromatic carbocycles. The molecule has 1 N–H and O–H groups in total. The maximum atomic E-state index is 13.9. The van der Waals surface area contributed by atoms with Crippen LogP contribution in [-0.2, 0) is 5.60 Å². The summed E-state index contributed by atoms with van der Waals surface area (Å²) >= 11 is 3.29. The molecule has 2 rings (SSSR count). The normalized spacial score (nSPS) is 13.9. The Morgan fingerprint density at radius 1 is 1.16 bits per heavy atom. The maximum Gasteiger partial charge on any atom is 0.129 e. The van der Waals surface area contributed by atoms with Gasteiger partial charge in [0.2, 0.25) is 0 Å². The van der Waals surface area contributed by atoms with Crippen molar-refractivity contribution in [3.05, 3.63) is 63.9 Å². The van der Waals surface area contributed by atoms with Crippen LogP contribution < -0.4 is 4.74 Å². The molecular weight excluding hydrogens is 311 g/mol. The highest BCUT2D eigenvalue weighted by Crippen LogP contribution is 2.33. The molecule has 0 aliphatic rings. The third-order valence-corrected chi connectivity index (χ3v) is 3.60. The molecule has 19 heavy (non-hydrogen) atoms. The Balaban J connectivity index is 2.48. The number of rotatable bonds is 3. The first-order chi connectivity index (χ1) is 8.95. The van der Waals surface area contributed by atoms with Gasteiger partial charge in [-0.2, -0.15) is 0 Å². The molecule has 0 heterocycles. The van der Waals surface area contributed by atoms with E-state index in [1.54, 1.807) is 50.4 Å². The van der Waals surface area contributed by atoms with Gasteiger partial charge in [0, 0.05) is 10.0 Å². The monoisotopic (exact) mass is 324 g/mol. The van der Waals surface area contributed by atoms with Crippen LogP contribution in [0.5, 0.6) is 5.75 Å². The lowest BCUT2D eigenvalue weighted by molar-refractivity contribution is 0.0978. The number of hydrogen-bond donors (Lipinski definition) is 1. The lowest BCUT2D eigenvalue weighted by atomic mass is 9.88. The van der Waals surface area contributed by atoms with E-state index in [0.29, 0.717) is 11.3 Å². The van der Waals surface area contributed by atoms with Gasteiger partial charge in [0.25, 0.3) is 0 Å². The SMILES string of the molecule is COc1ccc(C(C)(O)c2cc(Br)ccc2F)cc1. The molecule has 0 radical (unpaired) electrons. The summed E-state index contributed by atoms with van der Waals surface area (Å²) < 4.78 is 19.7. The summed E-state index contributed by atoms with van der Waals surface area (Å²) in [6.45, 7) is 1.57. The van der Waals surface area contributed by atoms with Crippen molar-refractivity contribution in [2.24, 2.45) is 0 Å². The van der Waals surface area contributed by atoms with E-state index < -0.39 is 11.4 Å². The molecule has 0 saturated heterocycles. The quantitative estimate of drug-likeness (QED) is 0.929. The maximum absolute atomic E-state index is 13.9. The summed E-state index contributed by atoms with van der Waals surface area (Å²) in [4.78, 5) is 0. The van der Waals surface area contributed by atoms with Gasteiger partial charge in [-0.15, -0.1) is 0 Å². The second-order valence-electron chi connectivity index (χ2n) is 4.42. The molecule has 0 saturated carbocycles. The average Bonchev–Trinajstić information content (AvgIpc) is 2.41. The van der Waals surface area contributed by atoms with E-state index in [0.717, 1.165) is 4.47 Å². The molecule has 4 heteroatoms. The summed E-state index contributed by atoms with van der Waals surface area (Å²) in [6.07, 6.45) is 0. The van der Waals surface area contributed by atoms with Gasteiger partial charge in [0.05, 0.1) is 7.11 Å². The lowest BCUT2D eigenvalue weighted by Crippen LogP contribution is -2.24. The minimum Gasteiger partial charge on any atom is -0.497 e. The van der Waals surface area contributed by atoms with Gasteiger partial charge in [0.1, 0.15) is 17.2 Å². The zero-order chi connectivity index (χ0) is 14.0. The van der Waals surface area contributed by atoms with E-state index in [9.17, 15) is 9.50 Å². The summed E-state index contributed by atoms with van der Waals surface area (Å²) in [5.41, 5.74) is -0.572. The van der Waals surface area contributed by atoms with E-state index in [-0.39, 0.29) is 5.56 Å². The molecule has 0 amide bonds. The van der Waals surface area contributed by atoms with Gasteiger partial charge >= 0.3 is 0 Å². The van der Waals surface area contributed by atoms with Gasteiger partial charge in [-0.05, 0) is 42.8 Å². The molecule has 2 nitrogen and oxygen atoms in total. The van der Waals surface area contributed by atoms with Crippen LogP contribution in [0.25, 0.3) is 0 Å². The van der Waals surface area contributed by atoms with Crippen molar-refractivity contribution in [2.45, 2.75) is 12.5 Å². The molecule has 0 aliphatic carbocycles. The zero-order valence-electron chi connectivity index (χ0n) is 10.7. The number of ether oxygens (including phenoxy) is 1. The summed E-state index contributed by atoms with van der Waals surface area (Å²) in [7, 11) is 1.57. The zero-order valence-corrected chi connectivity index (χ0v) is 12.2. The molecule has 0 aliphatic heterocycles. The number of aliphatic hydroxyl groups is 1. The highest BCUT2D eigenvalue weighted by Gasteiger charge is 2.29. The Kier molecular flexibility index (Phi) is 3.92. The predicted octanol–water partition coefficient (Wildman–Crippen LogP) is 3.85. The van der Waals surface area contributed by atoms with Crippen molar-refractivity contribution in [2.75, 3.05) is 7.11 Å². The molecule has 2 aromatic rings. The smallest absolute Gasteiger partial charge is 0.129 e. The van der Waals surface area contributed by atoms with Crippen LogP contribution in [0.1, 0.15) is 18.1 Å². The Morgan fingerprint density at radius 2 is 1.79 bits per heavy atom. The molecule has 100 valence electrons. The fraction of sp³-hybridized carbons (Fsp3) is 0.200. The van der Waals surface area contributed by atoms with Crippen molar-refractivity contribution < 1.29 is 14.2 Å². The van der Waals surface area contributed by atoms with Crippen LogP contribution in [0.3, 0.4) is 0 Å². The van der Waals surface area contributed by atoms with Crippen molar-refractivity contribution in [3.8, 4) is 5.75 Å². The predicted molar refractivity (Wildman–Crippen MR) is 75.8 cm³/mol. The first-order valence-electron chi connectivity index (χ1n) is 5.77. The lowest BCUT2D eigenvalue weighted by Gasteiger charge is -2.25. The van der Waals surface area contributed by atoms with E-state index >= 15 is 0 Å². The van der Waals surface area contributed by atoms with Crippen LogP contribution >= 0.6 is 15.9 Å². The highest BCUT2D eigenvalue weighted by molar-refractivity contribution is 9.10. The topological polar surface area (TPSA) is 29.5 Å². The van der Waals surface area contributed by atoms with Crippen LogP contribution in [0.4, 0.5) is 4.39 Å². The molecule has 1 atom stereocenters. The fourth-order valence-corrected chi connectivity index (χ4v) is 2.30. The van der Waals surface area contributed by atoms with E-state index in [2.05, 4.69) is 15.9 Å². The second kappa shape index (κ2) is 5.31. The Labute approximate surface area is 120 Å². The highest BCUT2D eigenvalue weighted by atomic mass is 79.9. The number of methoxy groups -OCH3 is 1. The van der Waals surface area contributed by atoms with E-state index in [4.69, 9.17) is 4.74 Å². The van der Waals surface area contributed by atoms with Crippen LogP contribution in [0.2, 0.25) is 0 Å². The van der Waals surface area contributed by atoms with Crippen LogP contribution in [0.15, 0.2) is 46.9 Å².